The van der Waals surface area contributed by atoms with Crippen LogP contribution in [-0.4, -0.2) is 46.4 Å². The van der Waals surface area contributed by atoms with Gasteiger partial charge in [-0.2, -0.15) is 0 Å². The molecule has 4 aromatic carbocycles. The maximum absolute atomic E-state index is 13.2. The number of carbonyl (C=O) groups excluding carboxylic acids is 1. The number of aliphatic carboxylic acids is 1. The molecule has 0 bridgehead atoms. The molecule has 1 aliphatic rings. The van der Waals surface area contributed by atoms with Gasteiger partial charge in [0.25, 0.3) is 11.6 Å². The molecule has 4 aromatic rings. The first-order valence-corrected chi connectivity index (χ1v) is 14.6. The summed E-state index contributed by atoms with van der Waals surface area (Å²) in [6.07, 6.45) is 2.82. The molecule has 0 atom stereocenters. The summed E-state index contributed by atoms with van der Waals surface area (Å²) in [5.74, 6) is -0.671. The van der Waals surface area contributed by atoms with Crippen molar-refractivity contribution in [3.05, 3.63) is 130 Å². The zero-order chi connectivity index (χ0) is 30.2. The number of carboxylic acids is 1. The number of hydrogen-bond acceptors (Lipinski definition) is 5. The van der Waals surface area contributed by atoms with E-state index in [0.29, 0.717) is 22.7 Å². The van der Waals surface area contributed by atoms with E-state index in [4.69, 9.17) is 0 Å². The van der Waals surface area contributed by atoms with Gasteiger partial charge in [0.15, 0.2) is 0 Å². The fraction of sp³-hybridized carbons (Fsp3) is 0.257. The number of benzene rings is 4. The van der Waals surface area contributed by atoms with Crippen molar-refractivity contribution in [1.82, 2.24) is 4.90 Å². The molecular weight excluding hydrogens is 542 g/mol. The normalized spacial score (nSPS) is 13.4. The molecule has 1 saturated heterocycles. The third kappa shape index (κ3) is 7.65. The number of amides is 1. The van der Waals surface area contributed by atoms with Crippen molar-refractivity contribution in [2.24, 2.45) is 5.92 Å². The summed E-state index contributed by atoms with van der Waals surface area (Å²) in [4.78, 5) is 40.0. The molecule has 8 nitrogen and oxygen atoms in total. The highest BCUT2D eigenvalue weighted by Crippen LogP contribution is 2.36. The highest BCUT2D eigenvalue weighted by Gasteiger charge is 2.26. The van der Waals surface area contributed by atoms with E-state index in [1.165, 1.54) is 10.5 Å². The van der Waals surface area contributed by atoms with Gasteiger partial charge in [0.2, 0.25) is 0 Å². The zero-order valence-corrected chi connectivity index (χ0v) is 24.0. The molecule has 1 heterocycles. The molecule has 0 spiro atoms. The van der Waals surface area contributed by atoms with E-state index in [0.717, 1.165) is 43.5 Å². The largest absolute Gasteiger partial charge is 0.481 e. The average Bonchev–Trinajstić information content (AvgIpc) is 3.04. The lowest BCUT2D eigenvalue weighted by molar-refractivity contribution is -0.384. The minimum atomic E-state index is -0.979. The predicted molar refractivity (Wildman–Crippen MR) is 167 cm³/mol. The van der Waals surface area contributed by atoms with Crippen LogP contribution in [0.2, 0.25) is 0 Å². The maximum atomic E-state index is 13.2. The van der Waals surface area contributed by atoms with E-state index in [9.17, 15) is 24.8 Å². The van der Waals surface area contributed by atoms with Crippen LogP contribution in [0.3, 0.4) is 0 Å². The summed E-state index contributed by atoms with van der Waals surface area (Å²) in [6, 6.07) is 32.1. The predicted octanol–water partition coefficient (Wildman–Crippen LogP) is 6.84. The highest BCUT2D eigenvalue weighted by atomic mass is 16.6. The zero-order valence-electron chi connectivity index (χ0n) is 24.0. The topological polar surface area (TPSA) is 104 Å². The summed E-state index contributed by atoms with van der Waals surface area (Å²) >= 11 is 0. The molecule has 220 valence electrons. The number of nitro groups is 1. The van der Waals surface area contributed by atoms with Gasteiger partial charge in [0, 0.05) is 37.8 Å². The Morgan fingerprint density at radius 1 is 0.837 bits per heavy atom. The van der Waals surface area contributed by atoms with Crippen molar-refractivity contribution >= 4 is 23.3 Å². The molecule has 1 N–H and O–H groups in total. The Labute approximate surface area is 251 Å². The van der Waals surface area contributed by atoms with Gasteiger partial charge in [-0.05, 0) is 71.7 Å². The molecule has 0 aromatic heterocycles. The van der Waals surface area contributed by atoms with E-state index in [1.807, 2.05) is 48.5 Å². The van der Waals surface area contributed by atoms with Gasteiger partial charge in [-0.25, -0.2) is 0 Å². The van der Waals surface area contributed by atoms with E-state index < -0.39 is 5.97 Å². The Balaban J connectivity index is 1.32. The van der Waals surface area contributed by atoms with Crippen molar-refractivity contribution in [3.8, 4) is 11.1 Å². The molecule has 0 radical (unpaired) electrons. The van der Waals surface area contributed by atoms with Crippen LogP contribution in [0, 0.1) is 16.0 Å². The molecule has 0 saturated carbocycles. The number of nitrogens with zero attached hydrogens (tertiary/aromatic N) is 3. The summed E-state index contributed by atoms with van der Waals surface area (Å²) < 4.78 is 0. The first-order chi connectivity index (χ1) is 20.9. The van der Waals surface area contributed by atoms with Gasteiger partial charge in [-0.15, -0.1) is 0 Å². The van der Waals surface area contributed by atoms with Crippen molar-refractivity contribution in [3.63, 3.8) is 0 Å². The van der Waals surface area contributed by atoms with Gasteiger partial charge in [0.05, 0.1) is 11.3 Å². The van der Waals surface area contributed by atoms with Gasteiger partial charge in [0.1, 0.15) is 5.69 Å². The van der Waals surface area contributed by atoms with Crippen LogP contribution >= 0.6 is 0 Å². The second kappa shape index (κ2) is 13.8. The Morgan fingerprint density at radius 2 is 1.49 bits per heavy atom. The number of carboxylic acid groups (broad SMARTS) is 1. The lowest BCUT2D eigenvalue weighted by atomic mass is 9.90. The first kappa shape index (κ1) is 29.5. The molecule has 1 aliphatic heterocycles. The highest BCUT2D eigenvalue weighted by molar-refractivity contribution is 5.94. The van der Waals surface area contributed by atoms with E-state index in [1.54, 1.807) is 30.3 Å². The van der Waals surface area contributed by atoms with Crippen molar-refractivity contribution in [2.45, 2.75) is 32.2 Å². The number of carbonyl (C=O) groups is 2. The fourth-order valence-electron chi connectivity index (χ4n) is 5.76. The average molecular weight is 578 g/mol. The van der Waals surface area contributed by atoms with Gasteiger partial charge < -0.3 is 14.9 Å². The molecular formula is C35H35N3O5. The second-order valence-electron chi connectivity index (χ2n) is 11.0. The summed E-state index contributed by atoms with van der Waals surface area (Å²) in [5.41, 5.74) is 4.83. The molecule has 8 heteroatoms. The molecule has 1 amide bonds. The standard InChI is InChI=1S/C35H35N3O5/c39-34(40)18-21-37(35(41)29-11-5-2-6-12-29)25-28-10-7-13-30(23-28)31-14-15-32(33(24-31)38(42)43)36-19-16-27(17-20-36)22-26-8-3-1-4-9-26/h1-15,23-24,27H,16-22,25H2,(H,39,40). The Bertz CT molecular complexity index is 1570. The Hall–Kier alpha value is -4.98. The van der Waals surface area contributed by atoms with Crippen molar-refractivity contribution < 1.29 is 19.6 Å². The third-order valence-corrected chi connectivity index (χ3v) is 8.03. The minimum Gasteiger partial charge on any atom is -0.481 e. The first-order valence-electron chi connectivity index (χ1n) is 14.6. The molecule has 5 rings (SSSR count). The molecule has 0 aliphatic carbocycles. The van der Waals surface area contributed by atoms with Crippen LogP contribution < -0.4 is 4.90 Å². The van der Waals surface area contributed by atoms with Gasteiger partial charge in [-0.3, -0.25) is 19.7 Å². The SMILES string of the molecule is O=C(O)CCN(Cc1cccc(-c2ccc(N3CCC(Cc4ccccc4)CC3)c([N+](=O)[O-])c2)c1)C(=O)c1ccccc1. The monoisotopic (exact) mass is 577 g/mol. The Morgan fingerprint density at radius 3 is 2.16 bits per heavy atom. The van der Waals surface area contributed by atoms with Crippen molar-refractivity contribution in [1.29, 1.82) is 0 Å². The maximum Gasteiger partial charge on any atom is 0.305 e. The third-order valence-electron chi connectivity index (χ3n) is 8.03. The van der Waals surface area contributed by atoms with E-state index in [2.05, 4.69) is 29.2 Å². The summed E-state index contributed by atoms with van der Waals surface area (Å²) in [5, 5.41) is 21.4. The number of nitro benzene ring substituents is 1. The number of anilines is 1. The quantitative estimate of drug-likeness (QED) is 0.155. The van der Waals surface area contributed by atoms with Crippen molar-refractivity contribution in [2.75, 3.05) is 24.5 Å². The number of piperidine rings is 1. The Kier molecular flexibility index (Phi) is 9.46. The number of rotatable bonds is 11. The van der Waals surface area contributed by atoms with Crippen LogP contribution in [0.1, 0.15) is 40.7 Å². The minimum absolute atomic E-state index is 0.0650. The van der Waals surface area contributed by atoms with Crippen LogP contribution in [0.15, 0.2) is 103 Å². The molecule has 43 heavy (non-hydrogen) atoms. The lowest BCUT2D eigenvalue weighted by Crippen LogP contribution is -2.34. The van der Waals surface area contributed by atoms with E-state index >= 15 is 0 Å². The molecule has 1 fully saturated rings. The van der Waals surface area contributed by atoms with Crippen LogP contribution in [0.4, 0.5) is 11.4 Å². The molecule has 0 unspecified atom stereocenters. The smallest absolute Gasteiger partial charge is 0.305 e. The summed E-state index contributed by atoms with van der Waals surface area (Å²) in [7, 11) is 0. The van der Waals surface area contributed by atoms with E-state index in [-0.39, 0.29) is 36.0 Å². The fourth-order valence-corrected chi connectivity index (χ4v) is 5.76. The summed E-state index contributed by atoms with van der Waals surface area (Å²) in [6.45, 7) is 1.83. The van der Waals surface area contributed by atoms with Gasteiger partial charge in [-0.1, -0.05) is 72.8 Å². The van der Waals surface area contributed by atoms with Gasteiger partial charge >= 0.3 is 5.97 Å². The van der Waals surface area contributed by atoms with Crippen LogP contribution in [0.25, 0.3) is 11.1 Å². The van der Waals surface area contributed by atoms with Crippen LogP contribution in [0.5, 0.6) is 0 Å². The lowest BCUT2D eigenvalue weighted by Gasteiger charge is -2.33. The second-order valence-corrected chi connectivity index (χ2v) is 11.0. The van der Waals surface area contributed by atoms with Crippen LogP contribution in [-0.2, 0) is 17.8 Å². The number of hydrogen-bond donors (Lipinski definition) is 1.